The Kier molecular flexibility index (Phi) is 2.02. The summed E-state index contributed by atoms with van der Waals surface area (Å²) in [6.07, 6.45) is 1.82. The summed E-state index contributed by atoms with van der Waals surface area (Å²) in [7, 11) is -1.24. The lowest BCUT2D eigenvalue weighted by Crippen LogP contribution is -2.38. The molecule has 1 aromatic heterocycles. The zero-order chi connectivity index (χ0) is 10.3. The molecule has 14 heavy (non-hydrogen) atoms. The van der Waals surface area contributed by atoms with E-state index in [0.717, 1.165) is 5.56 Å². The van der Waals surface area contributed by atoms with E-state index in [9.17, 15) is 8.42 Å². The SMILES string of the molecule is COc1nn(C2CS(=O)(=O)C2)cc1C. The van der Waals surface area contributed by atoms with Gasteiger partial charge in [-0.25, -0.2) is 8.42 Å². The Morgan fingerprint density at radius 1 is 1.57 bits per heavy atom. The Balaban J connectivity index is 2.19. The van der Waals surface area contributed by atoms with Gasteiger partial charge in [-0.3, -0.25) is 4.68 Å². The number of aromatic nitrogens is 2. The number of aryl methyl sites for hydroxylation is 1. The molecular formula is C8H12N2O3S. The van der Waals surface area contributed by atoms with E-state index in [2.05, 4.69) is 5.10 Å². The number of nitrogens with zero attached hydrogens (tertiary/aromatic N) is 2. The standard InChI is InChI=1S/C8H12N2O3S/c1-6-3-10(9-8(6)13-2)7-4-14(11,12)5-7/h3,7H,4-5H2,1-2H3. The van der Waals surface area contributed by atoms with Gasteiger partial charge in [0.05, 0.1) is 24.7 Å². The normalized spacial score (nSPS) is 20.4. The van der Waals surface area contributed by atoms with Gasteiger partial charge in [0.15, 0.2) is 9.84 Å². The maximum absolute atomic E-state index is 11.0. The Morgan fingerprint density at radius 2 is 2.21 bits per heavy atom. The molecule has 0 N–H and O–H groups in total. The van der Waals surface area contributed by atoms with Crippen LogP contribution < -0.4 is 4.74 Å². The second-order valence-electron chi connectivity index (χ2n) is 3.53. The Bertz CT molecular complexity index is 437. The number of ether oxygens (including phenoxy) is 1. The van der Waals surface area contributed by atoms with Crippen molar-refractivity contribution in [1.82, 2.24) is 9.78 Å². The summed E-state index contributed by atoms with van der Waals surface area (Å²) in [5, 5.41) is 4.15. The van der Waals surface area contributed by atoms with Crippen LogP contribution in [-0.2, 0) is 9.84 Å². The van der Waals surface area contributed by atoms with Crippen LogP contribution in [0.25, 0.3) is 0 Å². The van der Waals surface area contributed by atoms with Crippen molar-refractivity contribution in [3.05, 3.63) is 11.8 Å². The van der Waals surface area contributed by atoms with Crippen LogP contribution in [0.15, 0.2) is 6.20 Å². The van der Waals surface area contributed by atoms with Crippen molar-refractivity contribution in [1.29, 1.82) is 0 Å². The van der Waals surface area contributed by atoms with Crippen molar-refractivity contribution in [3.63, 3.8) is 0 Å². The van der Waals surface area contributed by atoms with E-state index in [-0.39, 0.29) is 17.5 Å². The largest absolute Gasteiger partial charge is 0.480 e. The van der Waals surface area contributed by atoms with Crippen LogP contribution in [0, 0.1) is 6.92 Å². The van der Waals surface area contributed by atoms with Crippen LogP contribution in [0.1, 0.15) is 11.6 Å². The molecule has 0 bridgehead atoms. The topological polar surface area (TPSA) is 61.2 Å². The fourth-order valence-corrected chi connectivity index (χ4v) is 2.93. The van der Waals surface area contributed by atoms with Crippen molar-refractivity contribution in [2.75, 3.05) is 18.6 Å². The molecule has 0 spiro atoms. The minimum atomic E-state index is -2.79. The number of methoxy groups -OCH3 is 1. The highest BCUT2D eigenvalue weighted by Crippen LogP contribution is 2.25. The summed E-state index contributed by atoms with van der Waals surface area (Å²) >= 11 is 0. The highest BCUT2D eigenvalue weighted by molar-refractivity contribution is 7.92. The number of rotatable bonds is 2. The molecule has 1 aliphatic heterocycles. The molecule has 1 aromatic rings. The summed E-state index contributed by atoms with van der Waals surface area (Å²) in [4.78, 5) is 0. The average Bonchev–Trinajstić information content (AvgIpc) is 2.42. The first kappa shape index (κ1) is 9.51. The fraction of sp³-hybridized carbons (Fsp3) is 0.625. The van der Waals surface area contributed by atoms with Crippen molar-refractivity contribution in [2.24, 2.45) is 0 Å². The summed E-state index contributed by atoms with van der Waals surface area (Å²) in [5.41, 5.74) is 0.928. The molecular weight excluding hydrogens is 204 g/mol. The van der Waals surface area contributed by atoms with Crippen LogP contribution in [0.2, 0.25) is 0 Å². The van der Waals surface area contributed by atoms with Crippen LogP contribution in [0.5, 0.6) is 5.88 Å². The molecule has 2 heterocycles. The van der Waals surface area contributed by atoms with Gasteiger partial charge in [-0.15, -0.1) is 5.10 Å². The molecule has 0 aromatic carbocycles. The molecule has 6 heteroatoms. The molecule has 0 amide bonds. The summed E-state index contributed by atoms with van der Waals surface area (Å²) < 4.78 is 28.6. The Hall–Kier alpha value is -1.04. The molecule has 0 unspecified atom stereocenters. The van der Waals surface area contributed by atoms with Gasteiger partial charge in [-0.05, 0) is 6.92 Å². The molecule has 78 valence electrons. The van der Waals surface area contributed by atoms with Gasteiger partial charge in [0.2, 0.25) is 5.88 Å². The van der Waals surface area contributed by atoms with Crippen molar-refractivity contribution in [3.8, 4) is 5.88 Å². The Morgan fingerprint density at radius 3 is 2.64 bits per heavy atom. The highest BCUT2D eigenvalue weighted by Gasteiger charge is 2.35. The monoisotopic (exact) mass is 216 g/mol. The van der Waals surface area contributed by atoms with E-state index >= 15 is 0 Å². The van der Waals surface area contributed by atoms with E-state index < -0.39 is 9.84 Å². The van der Waals surface area contributed by atoms with Gasteiger partial charge in [-0.1, -0.05) is 0 Å². The number of hydrogen-bond donors (Lipinski definition) is 0. The van der Waals surface area contributed by atoms with E-state index in [4.69, 9.17) is 4.74 Å². The summed E-state index contributed by atoms with van der Waals surface area (Å²) in [6, 6.07) is -0.0115. The minimum Gasteiger partial charge on any atom is -0.480 e. The maximum atomic E-state index is 11.0. The van der Waals surface area contributed by atoms with Gasteiger partial charge in [-0.2, -0.15) is 0 Å². The molecule has 1 fully saturated rings. The van der Waals surface area contributed by atoms with Crippen LogP contribution in [0.4, 0.5) is 0 Å². The van der Waals surface area contributed by atoms with Crippen molar-refractivity contribution < 1.29 is 13.2 Å². The van der Waals surface area contributed by atoms with Crippen LogP contribution in [0.3, 0.4) is 0 Å². The summed E-state index contributed by atoms with van der Waals surface area (Å²) in [5.74, 6) is 0.948. The zero-order valence-corrected chi connectivity index (χ0v) is 8.91. The predicted molar refractivity (Wildman–Crippen MR) is 51.2 cm³/mol. The molecule has 0 aliphatic carbocycles. The van der Waals surface area contributed by atoms with E-state index in [0.29, 0.717) is 5.88 Å². The molecule has 0 saturated carbocycles. The quantitative estimate of drug-likeness (QED) is 0.707. The lowest BCUT2D eigenvalue weighted by Gasteiger charge is -2.25. The van der Waals surface area contributed by atoms with Gasteiger partial charge in [0.25, 0.3) is 0 Å². The van der Waals surface area contributed by atoms with E-state index in [1.165, 1.54) is 0 Å². The first-order valence-corrected chi connectivity index (χ1v) is 6.14. The third-order valence-electron chi connectivity index (χ3n) is 2.33. The van der Waals surface area contributed by atoms with Gasteiger partial charge in [0, 0.05) is 11.8 Å². The lowest BCUT2D eigenvalue weighted by molar-refractivity contribution is 0.377. The Labute approximate surface area is 82.6 Å². The first-order valence-electron chi connectivity index (χ1n) is 4.32. The van der Waals surface area contributed by atoms with E-state index in [1.54, 1.807) is 11.8 Å². The van der Waals surface area contributed by atoms with E-state index in [1.807, 2.05) is 13.1 Å². The smallest absolute Gasteiger partial charge is 0.235 e. The lowest BCUT2D eigenvalue weighted by atomic mass is 10.3. The van der Waals surface area contributed by atoms with Crippen LogP contribution >= 0.6 is 0 Å². The van der Waals surface area contributed by atoms with Crippen LogP contribution in [-0.4, -0.2) is 36.8 Å². The predicted octanol–water partition coefficient (Wildman–Crippen LogP) is 0.170. The molecule has 0 radical (unpaired) electrons. The second-order valence-corrected chi connectivity index (χ2v) is 5.69. The van der Waals surface area contributed by atoms with Gasteiger partial charge < -0.3 is 4.74 Å². The number of hydrogen-bond acceptors (Lipinski definition) is 4. The molecule has 2 rings (SSSR count). The summed E-state index contributed by atoms with van der Waals surface area (Å²) in [6.45, 7) is 1.88. The van der Waals surface area contributed by atoms with Gasteiger partial charge >= 0.3 is 0 Å². The molecule has 1 saturated heterocycles. The van der Waals surface area contributed by atoms with Crippen molar-refractivity contribution >= 4 is 9.84 Å². The minimum absolute atomic E-state index is 0.0115. The third kappa shape index (κ3) is 1.50. The second kappa shape index (κ2) is 2.98. The fourth-order valence-electron chi connectivity index (χ4n) is 1.55. The average molecular weight is 216 g/mol. The van der Waals surface area contributed by atoms with Crippen molar-refractivity contribution in [2.45, 2.75) is 13.0 Å². The zero-order valence-electron chi connectivity index (χ0n) is 8.10. The highest BCUT2D eigenvalue weighted by atomic mass is 32.2. The maximum Gasteiger partial charge on any atom is 0.235 e. The molecule has 1 aliphatic rings. The molecule has 0 atom stereocenters. The third-order valence-corrected chi connectivity index (χ3v) is 4.11. The van der Waals surface area contributed by atoms with Gasteiger partial charge in [0.1, 0.15) is 0 Å². The molecule has 5 nitrogen and oxygen atoms in total. The first-order chi connectivity index (χ1) is 6.52. The number of sulfone groups is 1.